The number of hydrogen-bond acceptors (Lipinski definition) is 6. The van der Waals surface area contributed by atoms with Gasteiger partial charge in [0.05, 0.1) is 20.8 Å². The fourth-order valence-electron chi connectivity index (χ4n) is 3.51. The van der Waals surface area contributed by atoms with Gasteiger partial charge in [0.15, 0.2) is 11.5 Å². The van der Waals surface area contributed by atoms with Crippen LogP contribution >= 0.6 is 0 Å². The molecule has 142 valence electrons. The lowest BCUT2D eigenvalue weighted by molar-refractivity contribution is 0.347. The van der Waals surface area contributed by atoms with E-state index < -0.39 is 0 Å². The van der Waals surface area contributed by atoms with Gasteiger partial charge < -0.3 is 14.8 Å². The van der Waals surface area contributed by atoms with Gasteiger partial charge in [0.2, 0.25) is 0 Å². The SMILES string of the molecule is CCn1c(CC2CCNCC2)nn(Cc2nccc(OC)c2OC)c1=O. The number of rotatable bonds is 7. The van der Waals surface area contributed by atoms with E-state index in [0.29, 0.717) is 29.7 Å². The Morgan fingerprint density at radius 2 is 2.04 bits per heavy atom. The molecule has 1 fully saturated rings. The molecule has 0 atom stereocenters. The first-order valence-corrected chi connectivity index (χ1v) is 9.11. The quantitative estimate of drug-likeness (QED) is 0.794. The molecule has 3 rings (SSSR count). The number of hydrogen-bond donors (Lipinski definition) is 1. The van der Waals surface area contributed by atoms with E-state index in [1.807, 2.05) is 6.92 Å². The van der Waals surface area contributed by atoms with Crippen LogP contribution in [0.4, 0.5) is 0 Å². The summed E-state index contributed by atoms with van der Waals surface area (Å²) in [5, 5.41) is 7.98. The largest absolute Gasteiger partial charge is 0.493 e. The summed E-state index contributed by atoms with van der Waals surface area (Å²) in [6.45, 7) is 4.91. The molecule has 1 saturated heterocycles. The molecule has 8 heteroatoms. The Morgan fingerprint density at radius 3 is 2.69 bits per heavy atom. The second-order valence-corrected chi connectivity index (χ2v) is 6.49. The third-order valence-corrected chi connectivity index (χ3v) is 4.91. The number of pyridine rings is 1. The highest BCUT2D eigenvalue weighted by molar-refractivity contribution is 5.42. The lowest BCUT2D eigenvalue weighted by atomic mass is 9.94. The average molecular weight is 361 g/mol. The van der Waals surface area contributed by atoms with Gasteiger partial charge in [0.1, 0.15) is 11.5 Å². The molecule has 0 amide bonds. The minimum absolute atomic E-state index is 0.108. The fraction of sp³-hybridized carbons (Fsp3) is 0.611. The lowest BCUT2D eigenvalue weighted by Crippen LogP contribution is -2.30. The molecule has 0 saturated carbocycles. The predicted octanol–water partition coefficient (Wildman–Crippen LogP) is 1.07. The Labute approximate surface area is 153 Å². The molecule has 0 aliphatic carbocycles. The van der Waals surface area contributed by atoms with E-state index in [0.717, 1.165) is 38.2 Å². The summed E-state index contributed by atoms with van der Waals surface area (Å²) in [5.74, 6) is 2.55. The molecule has 2 aromatic heterocycles. The van der Waals surface area contributed by atoms with Crippen LogP contribution in [0, 0.1) is 5.92 Å². The van der Waals surface area contributed by atoms with Crippen LogP contribution in [0.3, 0.4) is 0 Å². The van der Waals surface area contributed by atoms with Crippen molar-refractivity contribution in [3.8, 4) is 11.5 Å². The van der Waals surface area contributed by atoms with Crippen LogP contribution in [-0.4, -0.2) is 46.6 Å². The lowest BCUT2D eigenvalue weighted by Gasteiger charge is -2.21. The van der Waals surface area contributed by atoms with Crippen molar-refractivity contribution in [1.82, 2.24) is 24.6 Å². The van der Waals surface area contributed by atoms with Gasteiger partial charge in [-0.1, -0.05) is 0 Å². The standard InChI is InChI=1S/C18H27N5O3/c1-4-22-16(11-13-5-8-19-9-6-13)21-23(18(22)24)12-14-17(26-3)15(25-2)7-10-20-14/h7,10,13,19H,4-6,8-9,11-12H2,1-3H3. The molecule has 3 heterocycles. The van der Waals surface area contributed by atoms with E-state index in [4.69, 9.17) is 9.47 Å². The number of piperidine rings is 1. The van der Waals surface area contributed by atoms with Crippen LogP contribution in [0.5, 0.6) is 11.5 Å². The highest BCUT2D eigenvalue weighted by Crippen LogP contribution is 2.29. The molecule has 8 nitrogen and oxygen atoms in total. The molecule has 0 spiro atoms. The fourth-order valence-corrected chi connectivity index (χ4v) is 3.51. The van der Waals surface area contributed by atoms with Gasteiger partial charge in [0, 0.05) is 25.2 Å². The molecule has 1 aliphatic heterocycles. The van der Waals surface area contributed by atoms with E-state index in [9.17, 15) is 4.79 Å². The number of nitrogens with one attached hydrogen (secondary N) is 1. The van der Waals surface area contributed by atoms with Crippen molar-refractivity contribution in [2.45, 2.75) is 39.3 Å². The van der Waals surface area contributed by atoms with Crippen molar-refractivity contribution in [3.05, 3.63) is 34.3 Å². The van der Waals surface area contributed by atoms with Gasteiger partial charge in [-0.3, -0.25) is 9.55 Å². The summed E-state index contributed by atoms with van der Waals surface area (Å²) in [6.07, 6.45) is 4.72. The molecular formula is C18H27N5O3. The highest BCUT2D eigenvalue weighted by Gasteiger charge is 2.20. The normalized spacial score (nSPS) is 15.2. The second-order valence-electron chi connectivity index (χ2n) is 6.49. The first-order chi connectivity index (χ1) is 12.7. The Balaban J connectivity index is 1.88. The van der Waals surface area contributed by atoms with Crippen molar-refractivity contribution >= 4 is 0 Å². The molecule has 2 aromatic rings. The predicted molar refractivity (Wildman–Crippen MR) is 97.9 cm³/mol. The summed E-state index contributed by atoms with van der Waals surface area (Å²) in [7, 11) is 3.15. The molecule has 1 aliphatic rings. The van der Waals surface area contributed by atoms with Gasteiger partial charge in [-0.25, -0.2) is 9.48 Å². The van der Waals surface area contributed by atoms with Crippen molar-refractivity contribution in [1.29, 1.82) is 0 Å². The second kappa shape index (κ2) is 8.35. The molecule has 0 radical (unpaired) electrons. The molecule has 0 unspecified atom stereocenters. The summed E-state index contributed by atoms with van der Waals surface area (Å²) < 4.78 is 14.0. The first kappa shape index (κ1) is 18.4. The van der Waals surface area contributed by atoms with Gasteiger partial charge >= 0.3 is 5.69 Å². The smallest absolute Gasteiger partial charge is 0.346 e. The van der Waals surface area contributed by atoms with E-state index in [1.165, 1.54) is 4.68 Å². The van der Waals surface area contributed by atoms with Gasteiger partial charge in [-0.05, 0) is 38.8 Å². The van der Waals surface area contributed by atoms with E-state index in [-0.39, 0.29) is 12.2 Å². The van der Waals surface area contributed by atoms with Crippen molar-refractivity contribution in [3.63, 3.8) is 0 Å². The Kier molecular flexibility index (Phi) is 5.92. The zero-order chi connectivity index (χ0) is 18.5. The third-order valence-electron chi connectivity index (χ3n) is 4.91. The topological polar surface area (TPSA) is 83.2 Å². The Hall–Kier alpha value is -2.35. The van der Waals surface area contributed by atoms with Gasteiger partial charge in [-0.15, -0.1) is 0 Å². The van der Waals surface area contributed by atoms with Crippen molar-refractivity contribution in [2.75, 3.05) is 27.3 Å². The maximum atomic E-state index is 12.8. The summed E-state index contributed by atoms with van der Waals surface area (Å²) in [4.78, 5) is 17.1. The maximum absolute atomic E-state index is 12.8. The van der Waals surface area contributed by atoms with E-state index >= 15 is 0 Å². The van der Waals surface area contributed by atoms with Crippen molar-refractivity contribution in [2.24, 2.45) is 5.92 Å². The number of methoxy groups -OCH3 is 2. The highest BCUT2D eigenvalue weighted by atomic mass is 16.5. The molecular weight excluding hydrogens is 334 g/mol. The van der Waals surface area contributed by atoms with E-state index in [1.54, 1.807) is 31.0 Å². The third kappa shape index (κ3) is 3.75. The minimum atomic E-state index is -0.108. The molecule has 0 bridgehead atoms. The number of nitrogens with zero attached hydrogens (tertiary/aromatic N) is 4. The number of aromatic nitrogens is 4. The minimum Gasteiger partial charge on any atom is -0.493 e. The Bertz CT molecular complexity index is 793. The number of ether oxygens (including phenoxy) is 2. The van der Waals surface area contributed by atoms with Crippen LogP contribution in [0.25, 0.3) is 0 Å². The van der Waals surface area contributed by atoms with Crippen LogP contribution in [-0.2, 0) is 19.5 Å². The average Bonchev–Trinajstić information content (AvgIpc) is 2.96. The molecule has 26 heavy (non-hydrogen) atoms. The first-order valence-electron chi connectivity index (χ1n) is 9.11. The summed E-state index contributed by atoms with van der Waals surface area (Å²) in [5.41, 5.74) is 0.520. The zero-order valence-electron chi connectivity index (χ0n) is 15.7. The van der Waals surface area contributed by atoms with Gasteiger partial charge in [0.25, 0.3) is 0 Å². The van der Waals surface area contributed by atoms with Crippen LogP contribution in [0.15, 0.2) is 17.1 Å². The summed E-state index contributed by atoms with van der Waals surface area (Å²) >= 11 is 0. The van der Waals surface area contributed by atoms with Crippen LogP contribution < -0.4 is 20.5 Å². The van der Waals surface area contributed by atoms with Crippen LogP contribution in [0.2, 0.25) is 0 Å². The van der Waals surface area contributed by atoms with E-state index in [2.05, 4.69) is 15.4 Å². The maximum Gasteiger partial charge on any atom is 0.346 e. The zero-order valence-corrected chi connectivity index (χ0v) is 15.7. The van der Waals surface area contributed by atoms with Crippen molar-refractivity contribution < 1.29 is 9.47 Å². The monoisotopic (exact) mass is 361 g/mol. The summed E-state index contributed by atoms with van der Waals surface area (Å²) in [6, 6.07) is 1.73. The Morgan fingerprint density at radius 1 is 1.27 bits per heavy atom. The molecule has 0 aromatic carbocycles. The van der Waals surface area contributed by atoms with Crippen LogP contribution in [0.1, 0.15) is 31.3 Å². The molecule has 1 N–H and O–H groups in total. The van der Waals surface area contributed by atoms with Gasteiger partial charge in [-0.2, -0.15) is 5.10 Å².